The normalized spacial score (nSPS) is 12.8. The lowest BCUT2D eigenvalue weighted by molar-refractivity contribution is 0.0951. The van der Waals surface area contributed by atoms with E-state index in [0.29, 0.717) is 31.0 Å². The second-order valence-electron chi connectivity index (χ2n) is 4.79. The molecule has 3 N–H and O–H groups in total. The summed E-state index contributed by atoms with van der Waals surface area (Å²) in [6.45, 7) is 1.54. The predicted molar refractivity (Wildman–Crippen MR) is 79.5 cm³/mol. The summed E-state index contributed by atoms with van der Waals surface area (Å²) in [4.78, 5) is 12.0. The average Bonchev–Trinajstić information content (AvgIpc) is 2.52. The molecule has 5 heteroatoms. The number of nitrogens with two attached hydrogens (primary N) is 1. The van der Waals surface area contributed by atoms with Crippen LogP contribution < -0.4 is 20.5 Å². The van der Waals surface area contributed by atoms with Crippen LogP contribution in [0.1, 0.15) is 15.9 Å². The van der Waals surface area contributed by atoms with Gasteiger partial charge in [0.1, 0.15) is 13.2 Å². The number of amides is 1. The van der Waals surface area contributed by atoms with Gasteiger partial charge in [0, 0.05) is 17.8 Å². The van der Waals surface area contributed by atoms with Crippen molar-refractivity contribution in [3.05, 3.63) is 53.6 Å². The second-order valence-corrected chi connectivity index (χ2v) is 4.79. The summed E-state index contributed by atoms with van der Waals surface area (Å²) >= 11 is 0. The molecule has 108 valence electrons. The maximum Gasteiger partial charge on any atom is 0.251 e. The van der Waals surface area contributed by atoms with Crippen LogP contribution in [0, 0.1) is 0 Å². The Kier molecular flexibility index (Phi) is 3.64. The maximum atomic E-state index is 12.0. The van der Waals surface area contributed by atoms with Gasteiger partial charge in [0.05, 0.1) is 0 Å². The second kappa shape index (κ2) is 5.75. The Morgan fingerprint density at radius 3 is 2.71 bits per heavy atom. The van der Waals surface area contributed by atoms with Gasteiger partial charge in [-0.2, -0.15) is 0 Å². The van der Waals surface area contributed by atoms with E-state index in [-0.39, 0.29) is 5.91 Å². The molecule has 0 radical (unpaired) electrons. The van der Waals surface area contributed by atoms with Crippen molar-refractivity contribution in [2.75, 3.05) is 18.9 Å². The van der Waals surface area contributed by atoms with E-state index in [1.807, 2.05) is 18.2 Å². The number of carbonyl (C=O) groups excluding carboxylic acids is 1. The molecule has 1 heterocycles. The Labute approximate surface area is 122 Å². The molecule has 21 heavy (non-hydrogen) atoms. The molecule has 0 aliphatic carbocycles. The highest BCUT2D eigenvalue weighted by atomic mass is 16.6. The van der Waals surface area contributed by atoms with E-state index in [4.69, 9.17) is 15.2 Å². The molecule has 1 aliphatic heterocycles. The number of hydrogen-bond acceptors (Lipinski definition) is 4. The molecule has 0 spiro atoms. The van der Waals surface area contributed by atoms with Gasteiger partial charge in [-0.25, -0.2) is 0 Å². The van der Waals surface area contributed by atoms with Gasteiger partial charge in [0.2, 0.25) is 0 Å². The van der Waals surface area contributed by atoms with Crippen molar-refractivity contribution in [3.63, 3.8) is 0 Å². The van der Waals surface area contributed by atoms with Crippen molar-refractivity contribution in [2.24, 2.45) is 0 Å². The first-order valence-electron chi connectivity index (χ1n) is 6.74. The average molecular weight is 284 g/mol. The van der Waals surface area contributed by atoms with E-state index in [1.54, 1.807) is 24.3 Å². The molecule has 5 nitrogen and oxygen atoms in total. The maximum absolute atomic E-state index is 12.0. The minimum absolute atomic E-state index is 0.155. The van der Waals surface area contributed by atoms with Gasteiger partial charge >= 0.3 is 0 Å². The lowest BCUT2D eigenvalue weighted by atomic mass is 10.1. The molecular weight excluding hydrogens is 268 g/mol. The van der Waals surface area contributed by atoms with Crippen LogP contribution in [0.25, 0.3) is 0 Å². The zero-order valence-electron chi connectivity index (χ0n) is 11.5. The number of fused-ring (bicyclic) bond motifs is 1. The van der Waals surface area contributed by atoms with Gasteiger partial charge in [-0.15, -0.1) is 0 Å². The lowest BCUT2D eigenvalue weighted by Gasteiger charge is -2.19. The summed E-state index contributed by atoms with van der Waals surface area (Å²) in [6.07, 6.45) is 0. The smallest absolute Gasteiger partial charge is 0.251 e. The number of nitrogen functional groups attached to an aromatic ring is 1. The van der Waals surface area contributed by atoms with Crippen LogP contribution in [0.3, 0.4) is 0 Å². The summed E-state index contributed by atoms with van der Waals surface area (Å²) < 4.78 is 11.0. The first-order valence-corrected chi connectivity index (χ1v) is 6.74. The molecule has 0 atom stereocenters. The van der Waals surface area contributed by atoms with E-state index < -0.39 is 0 Å². The van der Waals surface area contributed by atoms with E-state index in [2.05, 4.69) is 5.32 Å². The molecule has 0 bridgehead atoms. The van der Waals surface area contributed by atoms with E-state index >= 15 is 0 Å². The van der Waals surface area contributed by atoms with E-state index in [0.717, 1.165) is 17.1 Å². The molecule has 0 aromatic heterocycles. The number of ether oxygens (including phenoxy) is 2. The predicted octanol–water partition coefficient (Wildman–Crippen LogP) is 1.97. The van der Waals surface area contributed by atoms with Gasteiger partial charge in [-0.05, 0) is 35.9 Å². The summed E-state index contributed by atoms with van der Waals surface area (Å²) in [5.74, 6) is 1.31. The largest absolute Gasteiger partial charge is 0.486 e. The molecular formula is C16H16N2O3. The zero-order chi connectivity index (χ0) is 14.7. The monoisotopic (exact) mass is 284 g/mol. The molecule has 0 unspecified atom stereocenters. The highest BCUT2D eigenvalue weighted by Gasteiger charge is 2.12. The van der Waals surface area contributed by atoms with Crippen LogP contribution in [0.2, 0.25) is 0 Å². The minimum atomic E-state index is -0.155. The van der Waals surface area contributed by atoms with Crippen molar-refractivity contribution < 1.29 is 14.3 Å². The molecule has 1 aliphatic rings. The first kappa shape index (κ1) is 13.3. The van der Waals surface area contributed by atoms with Gasteiger partial charge < -0.3 is 20.5 Å². The molecule has 3 rings (SSSR count). The number of benzene rings is 2. The topological polar surface area (TPSA) is 73.6 Å². The lowest BCUT2D eigenvalue weighted by Crippen LogP contribution is -2.23. The molecule has 2 aromatic rings. The third-order valence-electron chi connectivity index (χ3n) is 3.21. The molecule has 0 saturated heterocycles. The molecule has 2 aromatic carbocycles. The van der Waals surface area contributed by atoms with E-state index in [1.165, 1.54) is 0 Å². The Morgan fingerprint density at radius 2 is 1.90 bits per heavy atom. The van der Waals surface area contributed by atoms with Gasteiger partial charge in [0.15, 0.2) is 11.5 Å². The van der Waals surface area contributed by atoms with Crippen LogP contribution >= 0.6 is 0 Å². The van der Waals surface area contributed by atoms with Crippen LogP contribution in [-0.2, 0) is 6.54 Å². The van der Waals surface area contributed by atoms with Gasteiger partial charge in [-0.3, -0.25) is 4.79 Å². The van der Waals surface area contributed by atoms with Crippen molar-refractivity contribution in [2.45, 2.75) is 6.54 Å². The zero-order valence-corrected chi connectivity index (χ0v) is 11.5. The summed E-state index contributed by atoms with van der Waals surface area (Å²) in [7, 11) is 0. The highest BCUT2D eigenvalue weighted by molar-refractivity contribution is 5.94. The Morgan fingerprint density at radius 1 is 1.10 bits per heavy atom. The van der Waals surface area contributed by atoms with Gasteiger partial charge in [-0.1, -0.05) is 12.1 Å². The first-order chi connectivity index (χ1) is 10.2. The standard InChI is InChI=1S/C16H16N2O3/c17-13-3-1-2-12(9-13)16(19)18-10-11-4-5-14-15(8-11)21-7-6-20-14/h1-5,8-9H,6-7,10,17H2,(H,18,19). The number of nitrogens with one attached hydrogen (secondary N) is 1. The van der Waals surface area contributed by atoms with Crippen molar-refractivity contribution in [1.29, 1.82) is 0 Å². The quantitative estimate of drug-likeness (QED) is 0.845. The van der Waals surface area contributed by atoms with Crippen LogP contribution in [0.15, 0.2) is 42.5 Å². The van der Waals surface area contributed by atoms with E-state index in [9.17, 15) is 4.79 Å². The molecule has 0 saturated carbocycles. The Balaban J connectivity index is 1.66. The summed E-state index contributed by atoms with van der Waals surface area (Å²) in [6, 6.07) is 12.5. The fraction of sp³-hybridized carbons (Fsp3) is 0.188. The number of rotatable bonds is 3. The van der Waals surface area contributed by atoms with Gasteiger partial charge in [0.25, 0.3) is 5.91 Å². The Hall–Kier alpha value is -2.69. The van der Waals surface area contributed by atoms with Crippen LogP contribution in [0.5, 0.6) is 11.5 Å². The van der Waals surface area contributed by atoms with Crippen molar-refractivity contribution in [1.82, 2.24) is 5.32 Å². The molecule has 0 fully saturated rings. The third-order valence-corrected chi connectivity index (χ3v) is 3.21. The minimum Gasteiger partial charge on any atom is -0.486 e. The number of anilines is 1. The van der Waals surface area contributed by atoms with Crippen LogP contribution in [-0.4, -0.2) is 19.1 Å². The molecule has 1 amide bonds. The third kappa shape index (κ3) is 3.08. The van der Waals surface area contributed by atoms with Crippen molar-refractivity contribution >= 4 is 11.6 Å². The van der Waals surface area contributed by atoms with Crippen LogP contribution in [0.4, 0.5) is 5.69 Å². The summed E-state index contributed by atoms with van der Waals surface area (Å²) in [5, 5.41) is 2.86. The SMILES string of the molecule is Nc1cccc(C(=O)NCc2ccc3c(c2)OCCO3)c1. The highest BCUT2D eigenvalue weighted by Crippen LogP contribution is 2.30. The number of carbonyl (C=O) groups is 1. The number of hydrogen-bond donors (Lipinski definition) is 2. The Bertz CT molecular complexity index is 670. The fourth-order valence-corrected chi connectivity index (χ4v) is 2.16. The summed E-state index contributed by atoms with van der Waals surface area (Å²) in [5.41, 5.74) is 7.74. The van der Waals surface area contributed by atoms with Crippen molar-refractivity contribution in [3.8, 4) is 11.5 Å². The fourth-order valence-electron chi connectivity index (χ4n) is 2.16.